The molecule has 0 amide bonds. The van der Waals surface area contributed by atoms with Gasteiger partial charge >= 0.3 is 0 Å². The summed E-state index contributed by atoms with van der Waals surface area (Å²) < 4.78 is 32.8. The van der Waals surface area contributed by atoms with E-state index < -0.39 is 11.6 Å². The van der Waals surface area contributed by atoms with Gasteiger partial charge in [0.2, 0.25) is 0 Å². The molecule has 0 atom stereocenters. The summed E-state index contributed by atoms with van der Waals surface area (Å²) in [5, 5.41) is 0. The molecule has 0 spiro atoms. The second-order valence-electron chi connectivity index (χ2n) is 4.14. The molecule has 1 heterocycles. The molecule has 100 valence electrons. The summed E-state index contributed by atoms with van der Waals surface area (Å²) >= 11 is 4.70. The first-order chi connectivity index (χ1) is 8.99. The van der Waals surface area contributed by atoms with Gasteiger partial charge in [0.25, 0.3) is 0 Å². The number of furan rings is 1. The average Bonchev–Trinajstić information content (AvgIpc) is 2.80. The quantitative estimate of drug-likeness (QED) is 0.876. The smallest absolute Gasteiger partial charge is 0.150 e. The van der Waals surface area contributed by atoms with Crippen molar-refractivity contribution in [3.05, 3.63) is 53.5 Å². The van der Waals surface area contributed by atoms with Crippen LogP contribution in [0.1, 0.15) is 11.1 Å². The van der Waals surface area contributed by atoms with Crippen LogP contribution in [0.2, 0.25) is 0 Å². The molecule has 0 unspecified atom stereocenters. The number of benzene rings is 1. The minimum atomic E-state index is -0.700. The molecule has 0 aliphatic rings. The molecule has 6 heteroatoms. The zero-order valence-corrected chi connectivity index (χ0v) is 11.0. The van der Waals surface area contributed by atoms with Crippen LogP contribution in [-0.4, -0.2) is 12.0 Å². The van der Waals surface area contributed by atoms with Gasteiger partial charge in [0.05, 0.1) is 12.5 Å². The van der Waals surface area contributed by atoms with E-state index in [1.54, 1.807) is 13.1 Å². The number of thiocarbonyl (C=S) groups is 1. The van der Waals surface area contributed by atoms with Crippen LogP contribution in [-0.2, 0) is 6.54 Å². The Morgan fingerprint density at radius 1 is 1.37 bits per heavy atom. The second-order valence-corrected chi connectivity index (χ2v) is 4.58. The number of hydrogen-bond acceptors (Lipinski definition) is 3. The zero-order valence-electron chi connectivity index (χ0n) is 10.2. The second kappa shape index (κ2) is 5.36. The molecule has 0 fully saturated rings. The summed E-state index contributed by atoms with van der Waals surface area (Å²) in [4.78, 5) is 1.42. The Bertz CT molecular complexity index is 576. The summed E-state index contributed by atoms with van der Waals surface area (Å²) in [5.41, 5.74) is 6.23. The molecular formula is C13H12F2N2OS. The molecule has 2 rings (SSSR count). The van der Waals surface area contributed by atoms with Crippen molar-refractivity contribution in [1.82, 2.24) is 0 Å². The monoisotopic (exact) mass is 282 g/mol. The van der Waals surface area contributed by atoms with Crippen LogP contribution in [0.15, 0.2) is 35.1 Å². The van der Waals surface area contributed by atoms with E-state index in [-0.39, 0.29) is 16.2 Å². The van der Waals surface area contributed by atoms with Crippen LogP contribution < -0.4 is 10.6 Å². The largest absolute Gasteiger partial charge is 0.472 e. The highest BCUT2D eigenvalue weighted by molar-refractivity contribution is 7.80. The van der Waals surface area contributed by atoms with Crippen LogP contribution >= 0.6 is 12.2 Å². The summed E-state index contributed by atoms with van der Waals surface area (Å²) in [6.07, 6.45) is 3.03. The van der Waals surface area contributed by atoms with Gasteiger partial charge in [-0.15, -0.1) is 0 Å². The third kappa shape index (κ3) is 2.90. The third-order valence-electron chi connectivity index (χ3n) is 2.68. The van der Waals surface area contributed by atoms with Gasteiger partial charge < -0.3 is 15.1 Å². The Kier molecular flexibility index (Phi) is 3.80. The van der Waals surface area contributed by atoms with Gasteiger partial charge in [-0.05, 0) is 18.2 Å². The van der Waals surface area contributed by atoms with E-state index in [0.29, 0.717) is 6.54 Å². The standard InChI is InChI=1S/C13H12F2N2OS/c1-17(6-8-2-3-18-7-8)12-10(14)4-9(13(16)19)5-11(12)15/h2-5,7H,6H2,1H3,(H2,16,19). The van der Waals surface area contributed by atoms with Crippen molar-refractivity contribution in [2.45, 2.75) is 6.54 Å². The lowest BCUT2D eigenvalue weighted by atomic mass is 10.1. The number of nitrogens with two attached hydrogens (primary N) is 1. The Morgan fingerprint density at radius 3 is 2.47 bits per heavy atom. The van der Waals surface area contributed by atoms with Crippen molar-refractivity contribution in [2.75, 3.05) is 11.9 Å². The van der Waals surface area contributed by atoms with Gasteiger partial charge in [0.15, 0.2) is 0 Å². The number of hydrogen-bond donors (Lipinski definition) is 1. The van der Waals surface area contributed by atoms with Gasteiger partial charge in [-0.25, -0.2) is 8.78 Å². The molecule has 19 heavy (non-hydrogen) atoms. The van der Waals surface area contributed by atoms with Crippen molar-refractivity contribution in [1.29, 1.82) is 0 Å². The maximum Gasteiger partial charge on any atom is 0.150 e. The van der Waals surface area contributed by atoms with Gasteiger partial charge in [-0.1, -0.05) is 12.2 Å². The van der Waals surface area contributed by atoms with Gasteiger partial charge in [-0.2, -0.15) is 0 Å². The molecule has 2 aromatic rings. The first kappa shape index (κ1) is 13.5. The van der Waals surface area contributed by atoms with E-state index in [1.165, 1.54) is 17.4 Å². The van der Waals surface area contributed by atoms with Crippen molar-refractivity contribution in [2.24, 2.45) is 5.73 Å². The summed E-state index contributed by atoms with van der Waals surface area (Å²) in [6.45, 7) is 0.330. The number of halogens is 2. The van der Waals surface area contributed by atoms with E-state index in [1.807, 2.05) is 0 Å². The first-order valence-electron chi connectivity index (χ1n) is 5.50. The van der Waals surface area contributed by atoms with Crippen molar-refractivity contribution >= 4 is 22.9 Å². The summed E-state index contributed by atoms with van der Waals surface area (Å²) in [6, 6.07) is 3.99. The average molecular weight is 282 g/mol. The van der Waals surface area contributed by atoms with Crippen molar-refractivity contribution in [3.63, 3.8) is 0 Å². The van der Waals surface area contributed by atoms with Crippen LogP contribution in [0.3, 0.4) is 0 Å². The predicted octanol–water partition coefficient (Wildman–Crippen LogP) is 2.83. The molecule has 1 aromatic heterocycles. The molecule has 0 radical (unpaired) electrons. The van der Waals surface area contributed by atoms with E-state index in [9.17, 15) is 8.78 Å². The highest BCUT2D eigenvalue weighted by Gasteiger charge is 2.16. The minimum Gasteiger partial charge on any atom is -0.472 e. The van der Waals surface area contributed by atoms with E-state index in [4.69, 9.17) is 22.4 Å². The normalized spacial score (nSPS) is 10.5. The van der Waals surface area contributed by atoms with Gasteiger partial charge in [0, 0.05) is 24.7 Å². The molecule has 0 aliphatic heterocycles. The van der Waals surface area contributed by atoms with Crippen LogP contribution in [0.25, 0.3) is 0 Å². The predicted molar refractivity (Wildman–Crippen MR) is 73.1 cm³/mol. The lowest BCUT2D eigenvalue weighted by molar-refractivity contribution is 0.560. The Balaban J connectivity index is 2.31. The number of rotatable bonds is 4. The maximum absolute atomic E-state index is 13.9. The maximum atomic E-state index is 13.9. The third-order valence-corrected chi connectivity index (χ3v) is 2.92. The van der Waals surface area contributed by atoms with Gasteiger partial charge in [-0.3, -0.25) is 0 Å². The zero-order chi connectivity index (χ0) is 14.0. The molecule has 3 nitrogen and oxygen atoms in total. The topological polar surface area (TPSA) is 42.4 Å². The Morgan fingerprint density at radius 2 is 2.00 bits per heavy atom. The van der Waals surface area contributed by atoms with Crippen LogP contribution in [0.4, 0.5) is 14.5 Å². The molecule has 1 aromatic carbocycles. The lowest BCUT2D eigenvalue weighted by Crippen LogP contribution is -2.20. The lowest BCUT2D eigenvalue weighted by Gasteiger charge is -2.20. The fourth-order valence-electron chi connectivity index (χ4n) is 1.81. The minimum absolute atomic E-state index is 0.0400. The number of anilines is 1. The van der Waals surface area contributed by atoms with Crippen molar-refractivity contribution < 1.29 is 13.2 Å². The van der Waals surface area contributed by atoms with Crippen molar-refractivity contribution in [3.8, 4) is 0 Å². The molecule has 0 saturated heterocycles. The Hall–Kier alpha value is -1.95. The molecule has 0 bridgehead atoms. The molecule has 0 saturated carbocycles. The summed E-state index contributed by atoms with van der Waals surface area (Å²) in [5.74, 6) is -1.40. The van der Waals surface area contributed by atoms with Gasteiger partial charge in [0.1, 0.15) is 22.3 Å². The van der Waals surface area contributed by atoms with Crippen LogP contribution in [0, 0.1) is 11.6 Å². The SMILES string of the molecule is CN(Cc1ccoc1)c1c(F)cc(C(N)=S)cc1F. The fraction of sp³-hybridized carbons (Fsp3) is 0.154. The van der Waals surface area contributed by atoms with Crippen LogP contribution in [0.5, 0.6) is 0 Å². The first-order valence-corrected chi connectivity index (χ1v) is 5.91. The molecule has 0 aliphatic carbocycles. The Labute approximate surface area is 114 Å². The molecule has 2 N–H and O–H groups in total. The fourth-order valence-corrected chi connectivity index (χ4v) is 1.93. The summed E-state index contributed by atoms with van der Waals surface area (Å²) in [7, 11) is 1.59. The van der Waals surface area contributed by atoms with E-state index in [0.717, 1.165) is 17.7 Å². The highest BCUT2D eigenvalue weighted by atomic mass is 32.1. The van der Waals surface area contributed by atoms with E-state index in [2.05, 4.69) is 0 Å². The molecular weight excluding hydrogens is 270 g/mol. The van der Waals surface area contributed by atoms with E-state index >= 15 is 0 Å². The number of nitrogens with zero attached hydrogens (tertiary/aromatic N) is 1. The highest BCUT2D eigenvalue weighted by Crippen LogP contribution is 2.25.